The number of rotatable bonds is 5. The molecule has 9 heteroatoms. The average molecular weight is 404 g/mol. The molecule has 0 aliphatic rings. The van der Waals surface area contributed by atoms with Crippen LogP contribution in [0.15, 0.2) is 48.8 Å². The quantitative estimate of drug-likeness (QED) is 0.513. The maximum Gasteiger partial charge on any atom is 0.343 e. The molecule has 4 aromatic rings. The topological polar surface area (TPSA) is 103 Å². The van der Waals surface area contributed by atoms with Gasteiger partial charge in [-0.05, 0) is 38.1 Å². The molecular formula is C21H20N6O3. The Kier molecular flexibility index (Phi) is 5.01. The highest BCUT2D eigenvalue weighted by molar-refractivity contribution is 6.03. The summed E-state index contributed by atoms with van der Waals surface area (Å²) in [5.74, 6) is -0.719. The van der Waals surface area contributed by atoms with Crippen LogP contribution < -0.4 is 5.32 Å². The number of benzene rings is 1. The summed E-state index contributed by atoms with van der Waals surface area (Å²) in [5.41, 5.74) is 4.10. The molecule has 0 radical (unpaired) electrons. The van der Waals surface area contributed by atoms with Gasteiger partial charge in [-0.3, -0.25) is 9.48 Å². The number of hydrogen-bond acceptors (Lipinski definition) is 6. The van der Waals surface area contributed by atoms with Crippen LogP contribution in [0.5, 0.6) is 0 Å². The molecule has 0 saturated carbocycles. The first kappa shape index (κ1) is 19.3. The van der Waals surface area contributed by atoms with E-state index >= 15 is 0 Å². The number of nitrogens with zero attached hydrogens (tertiary/aromatic N) is 5. The minimum Gasteiger partial charge on any atom is -0.462 e. The van der Waals surface area contributed by atoms with Crippen LogP contribution in [-0.4, -0.2) is 42.9 Å². The summed E-state index contributed by atoms with van der Waals surface area (Å²) in [4.78, 5) is 29.0. The second-order valence-corrected chi connectivity index (χ2v) is 6.67. The minimum atomic E-state index is -0.468. The molecule has 9 nitrogen and oxygen atoms in total. The molecule has 3 aromatic heterocycles. The number of aryl methyl sites for hydroxylation is 2. The van der Waals surface area contributed by atoms with Crippen LogP contribution in [0, 0.1) is 6.92 Å². The molecule has 30 heavy (non-hydrogen) atoms. The van der Waals surface area contributed by atoms with E-state index in [-0.39, 0.29) is 12.5 Å². The van der Waals surface area contributed by atoms with Crippen molar-refractivity contribution in [1.29, 1.82) is 0 Å². The zero-order chi connectivity index (χ0) is 21.3. The predicted octanol–water partition coefficient (Wildman–Crippen LogP) is 2.87. The van der Waals surface area contributed by atoms with E-state index in [0.29, 0.717) is 22.6 Å². The molecule has 1 amide bonds. The van der Waals surface area contributed by atoms with Gasteiger partial charge in [0.2, 0.25) is 0 Å². The van der Waals surface area contributed by atoms with Gasteiger partial charge in [0, 0.05) is 24.5 Å². The number of esters is 1. The minimum absolute atomic E-state index is 0.251. The number of amides is 1. The lowest BCUT2D eigenvalue weighted by Crippen LogP contribution is -2.16. The summed E-state index contributed by atoms with van der Waals surface area (Å²) in [6.07, 6.45) is 3.05. The molecule has 0 aliphatic carbocycles. The van der Waals surface area contributed by atoms with Gasteiger partial charge in [-0.25, -0.2) is 14.3 Å². The van der Waals surface area contributed by atoms with E-state index in [1.54, 1.807) is 47.6 Å². The molecule has 0 saturated heterocycles. The highest BCUT2D eigenvalue weighted by atomic mass is 16.5. The smallest absolute Gasteiger partial charge is 0.343 e. The number of carbonyl (C=O) groups is 2. The largest absolute Gasteiger partial charge is 0.462 e. The summed E-state index contributed by atoms with van der Waals surface area (Å²) in [6.45, 7) is 3.85. The van der Waals surface area contributed by atoms with Crippen LogP contribution in [-0.2, 0) is 11.8 Å². The average Bonchev–Trinajstić information content (AvgIpc) is 3.31. The third-order valence-electron chi connectivity index (χ3n) is 4.55. The molecule has 152 valence electrons. The molecule has 1 aromatic carbocycles. The molecule has 0 bridgehead atoms. The van der Waals surface area contributed by atoms with Crippen LogP contribution in [0.4, 0.5) is 5.69 Å². The van der Waals surface area contributed by atoms with Gasteiger partial charge in [0.25, 0.3) is 5.91 Å². The monoisotopic (exact) mass is 404 g/mol. The van der Waals surface area contributed by atoms with E-state index < -0.39 is 5.97 Å². The zero-order valence-corrected chi connectivity index (χ0v) is 16.8. The number of aromatic nitrogens is 5. The van der Waals surface area contributed by atoms with Gasteiger partial charge < -0.3 is 10.1 Å². The Hall–Kier alpha value is -4.01. The summed E-state index contributed by atoms with van der Waals surface area (Å²) in [7, 11) is 1.73. The first-order valence-corrected chi connectivity index (χ1v) is 9.40. The Morgan fingerprint density at radius 3 is 2.77 bits per heavy atom. The number of ether oxygens (including phenoxy) is 1. The van der Waals surface area contributed by atoms with Crippen molar-refractivity contribution in [3.63, 3.8) is 0 Å². The van der Waals surface area contributed by atoms with Crippen LogP contribution >= 0.6 is 0 Å². The fraction of sp³-hybridized carbons (Fsp3) is 0.190. The Labute approximate surface area is 172 Å². The fourth-order valence-electron chi connectivity index (χ4n) is 3.24. The third-order valence-corrected chi connectivity index (χ3v) is 4.55. The van der Waals surface area contributed by atoms with Crippen molar-refractivity contribution in [2.45, 2.75) is 13.8 Å². The number of carbonyl (C=O) groups excluding carboxylic acids is 2. The van der Waals surface area contributed by atoms with Gasteiger partial charge in [-0.1, -0.05) is 12.1 Å². The Morgan fingerprint density at radius 1 is 1.20 bits per heavy atom. The Balaban J connectivity index is 1.67. The number of anilines is 1. The van der Waals surface area contributed by atoms with Crippen molar-refractivity contribution < 1.29 is 14.3 Å². The molecule has 0 fully saturated rings. The van der Waals surface area contributed by atoms with Crippen LogP contribution in [0.1, 0.15) is 33.5 Å². The Morgan fingerprint density at radius 2 is 2.03 bits per heavy atom. The number of nitrogens with one attached hydrogen (secondary N) is 1. The molecule has 0 atom stereocenters. The van der Waals surface area contributed by atoms with Gasteiger partial charge in [0.05, 0.1) is 24.2 Å². The predicted molar refractivity (Wildman–Crippen MR) is 110 cm³/mol. The highest BCUT2D eigenvalue weighted by Gasteiger charge is 2.17. The Bertz CT molecular complexity index is 1260. The van der Waals surface area contributed by atoms with E-state index in [9.17, 15) is 9.59 Å². The normalized spacial score (nSPS) is 10.9. The lowest BCUT2D eigenvalue weighted by Gasteiger charge is -2.09. The van der Waals surface area contributed by atoms with Crippen LogP contribution in [0.2, 0.25) is 0 Å². The van der Waals surface area contributed by atoms with E-state index in [2.05, 4.69) is 20.5 Å². The number of hydrogen-bond donors (Lipinski definition) is 1. The SMILES string of the molecule is CCOC(=O)c1cnn2c(-c3cccc(NC(=O)c4cc(C)nn4C)c3)ccnc12. The van der Waals surface area contributed by atoms with Crippen molar-refractivity contribution in [2.75, 3.05) is 11.9 Å². The number of fused-ring (bicyclic) bond motifs is 1. The van der Waals surface area contributed by atoms with E-state index in [1.165, 1.54) is 6.20 Å². The summed E-state index contributed by atoms with van der Waals surface area (Å²) >= 11 is 0. The van der Waals surface area contributed by atoms with Gasteiger partial charge in [0.15, 0.2) is 5.65 Å². The lowest BCUT2D eigenvalue weighted by atomic mass is 10.1. The summed E-state index contributed by atoms with van der Waals surface area (Å²) in [5, 5.41) is 11.4. The molecule has 1 N–H and O–H groups in total. The van der Waals surface area contributed by atoms with E-state index in [4.69, 9.17) is 4.74 Å². The van der Waals surface area contributed by atoms with Gasteiger partial charge in [0.1, 0.15) is 11.3 Å². The molecule has 3 heterocycles. The van der Waals surface area contributed by atoms with Crippen molar-refractivity contribution in [1.82, 2.24) is 24.4 Å². The van der Waals surface area contributed by atoms with Gasteiger partial charge in [-0.15, -0.1) is 0 Å². The molecule has 4 rings (SSSR count). The van der Waals surface area contributed by atoms with Crippen molar-refractivity contribution >= 4 is 23.2 Å². The molecule has 0 spiro atoms. The molecule has 0 unspecified atom stereocenters. The maximum atomic E-state index is 12.6. The van der Waals surface area contributed by atoms with E-state index in [1.807, 2.05) is 25.1 Å². The van der Waals surface area contributed by atoms with Gasteiger partial charge >= 0.3 is 5.97 Å². The lowest BCUT2D eigenvalue weighted by molar-refractivity contribution is 0.0528. The zero-order valence-electron chi connectivity index (χ0n) is 16.8. The van der Waals surface area contributed by atoms with Crippen molar-refractivity contribution in [3.8, 4) is 11.3 Å². The van der Waals surface area contributed by atoms with Crippen molar-refractivity contribution in [2.24, 2.45) is 7.05 Å². The van der Waals surface area contributed by atoms with Crippen LogP contribution in [0.25, 0.3) is 16.9 Å². The fourth-order valence-corrected chi connectivity index (χ4v) is 3.24. The summed E-state index contributed by atoms with van der Waals surface area (Å²) in [6, 6.07) is 10.9. The second-order valence-electron chi connectivity index (χ2n) is 6.67. The summed E-state index contributed by atoms with van der Waals surface area (Å²) < 4.78 is 8.19. The van der Waals surface area contributed by atoms with E-state index in [0.717, 1.165) is 17.0 Å². The first-order valence-electron chi connectivity index (χ1n) is 9.40. The molecular weight excluding hydrogens is 384 g/mol. The van der Waals surface area contributed by atoms with Crippen LogP contribution in [0.3, 0.4) is 0 Å². The molecule has 0 aliphatic heterocycles. The maximum absolute atomic E-state index is 12.6. The third kappa shape index (κ3) is 3.52. The van der Waals surface area contributed by atoms with Crippen molar-refractivity contribution in [3.05, 3.63) is 65.7 Å². The van der Waals surface area contributed by atoms with Gasteiger partial charge in [-0.2, -0.15) is 10.2 Å². The first-order chi connectivity index (χ1) is 14.5. The second kappa shape index (κ2) is 7.78. The standard InChI is InChI=1S/C21H20N6O3/c1-4-30-21(29)16-12-23-27-17(8-9-22-19(16)27)14-6-5-7-15(11-14)24-20(28)18-10-13(2)25-26(18)3/h5-12H,4H2,1-3H3,(H,24,28). The highest BCUT2D eigenvalue weighted by Crippen LogP contribution is 2.24.